The Hall–Kier alpha value is -2.43. The minimum atomic E-state index is 0.210. The van der Waals surface area contributed by atoms with E-state index in [0.29, 0.717) is 11.7 Å². The largest absolute Gasteiger partial charge is 0.454 e. The van der Waals surface area contributed by atoms with Crippen molar-refractivity contribution in [2.24, 2.45) is 0 Å². The molecule has 186 valence electrons. The van der Waals surface area contributed by atoms with Gasteiger partial charge in [0.15, 0.2) is 11.5 Å². The van der Waals surface area contributed by atoms with E-state index in [-0.39, 0.29) is 17.4 Å². The van der Waals surface area contributed by atoms with Crippen LogP contribution in [0.15, 0.2) is 30.3 Å². The van der Waals surface area contributed by atoms with Crippen molar-refractivity contribution in [2.45, 2.75) is 33.2 Å². The first-order chi connectivity index (χ1) is 17.4. The summed E-state index contributed by atoms with van der Waals surface area (Å²) >= 11 is 20.9. The number of hydrogen-bond acceptors (Lipinski definition) is 9. The van der Waals surface area contributed by atoms with Gasteiger partial charge in [0.25, 0.3) is 0 Å². The number of aryl methyl sites for hydroxylation is 2. The van der Waals surface area contributed by atoms with E-state index in [2.05, 4.69) is 45.2 Å². The van der Waals surface area contributed by atoms with E-state index < -0.39 is 0 Å². The Morgan fingerprint density at radius 3 is 2.17 bits per heavy atom. The van der Waals surface area contributed by atoms with Crippen molar-refractivity contribution in [3.63, 3.8) is 0 Å². The van der Waals surface area contributed by atoms with Gasteiger partial charge in [-0.3, -0.25) is 0 Å². The zero-order valence-corrected chi connectivity index (χ0v) is 23.2. The maximum absolute atomic E-state index is 6.04. The number of hydrogen-bond donors (Lipinski definition) is 1. The van der Waals surface area contributed by atoms with Crippen molar-refractivity contribution in [1.82, 2.24) is 19.9 Å². The molecule has 1 N–H and O–H groups in total. The smallest absolute Gasteiger partial charge is 0.231 e. The second-order valence-corrected chi connectivity index (χ2v) is 11.0. The van der Waals surface area contributed by atoms with Gasteiger partial charge in [-0.15, -0.1) is 22.7 Å². The molecule has 36 heavy (non-hydrogen) atoms. The fourth-order valence-electron chi connectivity index (χ4n) is 3.58. The Labute approximate surface area is 230 Å². The summed E-state index contributed by atoms with van der Waals surface area (Å²) in [6, 6.07) is 10.0. The van der Waals surface area contributed by atoms with Crippen molar-refractivity contribution < 1.29 is 9.47 Å². The van der Waals surface area contributed by atoms with E-state index >= 15 is 0 Å². The molecule has 0 saturated heterocycles. The summed E-state index contributed by atoms with van der Waals surface area (Å²) in [7, 11) is 0. The molecular weight excluding hydrogens is 561 g/mol. The Morgan fingerprint density at radius 1 is 0.806 bits per heavy atom. The van der Waals surface area contributed by atoms with Crippen LogP contribution in [-0.4, -0.2) is 26.7 Å². The molecule has 4 aromatic heterocycles. The maximum Gasteiger partial charge on any atom is 0.231 e. The number of benzene rings is 1. The Morgan fingerprint density at radius 2 is 1.44 bits per heavy atom. The lowest BCUT2D eigenvalue weighted by Crippen LogP contribution is -2.02. The van der Waals surface area contributed by atoms with Gasteiger partial charge >= 0.3 is 0 Å². The van der Waals surface area contributed by atoms with Crippen molar-refractivity contribution >= 4 is 83.7 Å². The van der Waals surface area contributed by atoms with Crippen LogP contribution in [0, 0.1) is 0 Å². The molecule has 5 aromatic rings. The van der Waals surface area contributed by atoms with E-state index in [1.165, 1.54) is 9.75 Å². The Kier molecular flexibility index (Phi) is 7.64. The zero-order valence-electron chi connectivity index (χ0n) is 19.3. The molecule has 7 nitrogen and oxygen atoms in total. The normalized spacial score (nSPS) is 12.1. The minimum absolute atomic E-state index is 0.210. The van der Waals surface area contributed by atoms with Crippen LogP contribution in [0.25, 0.3) is 20.4 Å². The van der Waals surface area contributed by atoms with Crippen LogP contribution in [0.5, 0.6) is 11.5 Å². The minimum Gasteiger partial charge on any atom is -0.454 e. The quantitative estimate of drug-likeness (QED) is 0.168. The van der Waals surface area contributed by atoms with Gasteiger partial charge in [0, 0.05) is 21.7 Å². The summed E-state index contributed by atoms with van der Waals surface area (Å²) < 4.78 is 10.7. The predicted molar refractivity (Wildman–Crippen MR) is 149 cm³/mol. The Balaban J connectivity index is 0.000000174. The lowest BCUT2D eigenvalue weighted by Gasteiger charge is -2.08. The monoisotopic (exact) mass is 579 g/mol. The average Bonchev–Trinajstić information content (AvgIpc) is 3.60. The second-order valence-electron chi connectivity index (χ2n) is 7.74. The highest BCUT2D eigenvalue weighted by molar-refractivity contribution is 7.19. The molecule has 0 amide bonds. The van der Waals surface area contributed by atoms with Crippen molar-refractivity contribution in [1.29, 1.82) is 0 Å². The van der Waals surface area contributed by atoms with Crippen LogP contribution < -0.4 is 14.8 Å². The van der Waals surface area contributed by atoms with Gasteiger partial charge < -0.3 is 14.8 Å². The summed E-state index contributed by atoms with van der Waals surface area (Å²) in [6.07, 6.45) is 1.95. The summed E-state index contributed by atoms with van der Waals surface area (Å²) in [5.74, 6) is 2.32. The van der Waals surface area contributed by atoms with E-state index in [1.807, 2.05) is 24.3 Å². The van der Waals surface area contributed by atoms with Crippen molar-refractivity contribution in [2.75, 3.05) is 12.1 Å². The molecule has 0 saturated carbocycles. The molecule has 0 fully saturated rings. The highest BCUT2D eigenvalue weighted by Crippen LogP contribution is 2.34. The molecule has 0 aliphatic carbocycles. The topological polar surface area (TPSA) is 82.1 Å². The van der Waals surface area contributed by atoms with Crippen LogP contribution in [0.2, 0.25) is 15.7 Å². The van der Waals surface area contributed by atoms with Crippen LogP contribution >= 0.6 is 57.5 Å². The number of ether oxygens (including phenoxy) is 2. The van der Waals surface area contributed by atoms with Gasteiger partial charge in [-0.05, 0) is 65.9 Å². The molecule has 0 atom stereocenters. The number of fused-ring (bicyclic) bond motifs is 3. The number of rotatable bonds is 5. The van der Waals surface area contributed by atoms with Gasteiger partial charge in [-0.25, -0.2) is 19.9 Å². The number of nitrogens with one attached hydrogen (secondary N) is 1. The van der Waals surface area contributed by atoms with Crippen LogP contribution in [0.4, 0.5) is 5.82 Å². The van der Waals surface area contributed by atoms with Gasteiger partial charge in [0.05, 0.1) is 5.39 Å². The van der Waals surface area contributed by atoms with Gasteiger partial charge in [-0.2, -0.15) is 0 Å². The molecule has 6 rings (SSSR count). The fourth-order valence-corrected chi connectivity index (χ4v) is 6.27. The van der Waals surface area contributed by atoms with Crippen LogP contribution in [0.1, 0.15) is 29.2 Å². The highest BCUT2D eigenvalue weighted by atomic mass is 35.5. The lowest BCUT2D eigenvalue weighted by atomic mass is 10.2. The summed E-state index contributed by atoms with van der Waals surface area (Å²) in [5, 5.41) is 6.16. The Bertz CT molecular complexity index is 1560. The van der Waals surface area contributed by atoms with Gasteiger partial charge in [0.1, 0.15) is 20.6 Å². The third-order valence-electron chi connectivity index (χ3n) is 5.38. The lowest BCUT2D eigenvalue weighted by molar-refractivity contribution is 0.174. The second kappa shape index (κ2) is 10.9. The van der Waals surface area contributed by atoms with Crippen molar-refractivity contribution in [3.05, 3.63) is 61.4 Å². The summed E-state index contributed by atoms with van der Waals surface area (Å²) in [4.78, 5) is 20.9. The highest BCUT2D eigenvalue weighted by Gasteiger charge is 2.14. The van der Waals surface area contributed by atoms with E-state index in [4.69, 9.17) is 44.3 Å². The molecule has 0 bridgehead atoms. The first kappa shape index (κ1) is 25.2. The van der Waals surface area contributed by atoms with Crippen molar-refractivity contribution in [3.8, 4) is 11.5 Å². The SMILES string of the molecule is CCc1cc2c(Cl)nc(Cl)nc2s1.CCc1cc2c(NCc3ccc4c(c3)OCO4)nc(Cl)nc2s1. The van der Waals surface area contributed by atoms with E-state index in [1.54, 1.807) is 22.7 Å². The first-order valence-electron chi connectivity index (χ1n) is 11.1. The third-order valence-corrected chi connectivity index (χ3v) is 8.35. The molecular formula is C24H20Cl3N5O2S2. The summed E-state index contributed by atoms with van der Waals surface area (Å²) in [6.45, 7) is 5.12. The molecule has 1 aliphatic rings. The molecule has 1 aliphatic heterocycles. The molecule has 1 aromatic carbocycles. The fraction of sp³-hybridized carbons (Fsp3) is 0.250. The average molecular weight is 581 g/mol. The molecule has 0 unspecified atom stereocenters. The standard InChI is InChI=1S/C16H14ClN3O2S.C8H6Cl2N2S/c1-2-10-6-11-14(19-16(17)20-15(11)23-10)18-7-9-3-4-12-13(5-9)22-8-21-12;1-2-4-3-5-6(9)11-8(10)12-7(5)13-4/h3-6H,2,7-8H2,1H3,(H,18,19,20);3H,2H2,1H3. The molecule has 0 spiro atoms. The molecule has 12 heteroatoms. The van der Waals surface area contributed by atoms with Crippen LogP contribution in [0.3, 0.4) is 0 Å². The van der Waals surface area contributed by atoms with E-state index in [9.17, 15) is 0 Å². The molecule has 0 radical (unpaired) electrons. The number of nitrogens with zero attached hydrogens (tertiary/aromatic N) is 4. The predicted octanol–water partition coefficient (Wildman–Crippen LogP) is 7.81. The van der Waals surface area contributed by atoms with Crippen LogP contribution in [-0.2, 0) is 19.4 Å². The van der Waals surface area contributed by atoms with E-state index in [0.717, 1.165) is 56.2 Å². The maximum atomic E-state index is 6.04. The number of anilines is 1. The zero-order chi connectivity index (χ0) is 25.2. The van der Waals surface area contributed by atoms with Gasteiger partial charge in [-0.1, -0.05) is 31.5 Å². The van der Waals surface area contributed by atoms with Gasteiger partial charge in [0.2, 0.25) is 17.4 Å². The third kappa shape index (κ3) is 5.45. The number of thiophene rings is 2. The molecule has 5 heterocycles. The number of aromatic nitrogens is 4. The summed E-state index contributed by atoms with van der Waals surface area (Å²) in [5.41, 5.74) is 1.09. The first-order valence-corrected chi connectivity index (χ1v) is 13.9. The number of halogens is 3.